The van der Waals surface area contributed by atoms with E-state index in [0.717, 1.165) is 49.2 Å². The predicted octanol–water partition coefficient (Wildman–Crippen LogP) is 2.93. The summed E-state index contributed by atoms with van der Waals surface area (Å²) in [6.07, 6.45) is 4.71. The van der Waals surface area contributed by atoms with Crippen LogP contribution in [0.4, 0.5) is 0 Å². The van der Waals surface area contributed by atoms with Gasteiger partial charge >= 0.3 is 0 Å². The van der Waals surface area contributed by atoms with E-state index in [-0.39, 0.29) is 0 Å². The van der Waals surface area contributed by atoms with Crippen LogP contribution < -0.4 is 0 Å². The van der Waals surface area contributed by atoms with Crippen molar-refractivity contribution >= 4 is 0 Å². The summed E-state index contributed by atoms with van der Waals surface area (Å²) in [4.78, 5) is 7.08. The summed E-state index contributed by atoms with van der Waals surface area (Å²) in [6, 6.07) is 0. The summed E-state index contributed by atoms with van der Waals surface area (Å²) in [6.45, 7) is 6.97. The molecule has 1 saturated heterocycles. The second-order valence-electron chi connectivity index (χ2n) is 6.64. The Morgan fingerprint density at radius 2 is 1.95 bits per heavy atom. The highest BCUT2D eigenvalue weighted by Crippen LogP contribution is 2.39. The van der Waals surface area contributed by atoms with E-state index in [1.807, 2.05) is 13.8 Å². The third kappa shape index (κ3) is 2.67. The lowest BCUT2D eigenvalue weighted by molar-refractivity contribution is 0.193. The van der Waals surface area contributed by atoms with Gasteiger partial charge in [0.05, 0.1) is 5.69 Å². The number of hydrogen-bond donors (Lipinski definition) is 0. The van der Waals surface area contributed by atoms with Crippen molar-refractivity contribution < 1.29 is 9.05 Å². The number of nitrogens with zero attached hydrogens (tertiary/aromatic N) is 4. The van der Waals surface area contributed by atoms with Crippen LogP contribution in [-0.2, 0) is 6.54 Å². The van der Waals surface area contributed by atoms with Crippen LogP contribution in [0.3, 0.4) is 0 Å². The topological polar surface area (TPSA) is 68.2 Å². The number of aryl methyl sites for hydroxylation is 2. The minimum atomic E-state index is 0.380. The van der Waals surface area contributed by atoms with E-state index < -0.39 is 0 Å². The largest absolute Gasteiger partial charge is 0.361 e. The van der Waals surface area contributed by atoms with Gasteiger partial charge in [0, 0.05) is 30.5 Å². The molecule has 2 fully saturated rings. The normalized spacial score (nSPS) is 23.1. The monoisotopic (exact) mass is 302 g/mol. The van der Waals surface area contributed by atoms with E-state index in [0.29, 0.717) is 11.8 Å². The van der Waals surface area contributed by atoms with Crippen molar-refractivity contribution in [3.8, 4) is 0 Å². The number of piperidine rings is 1. The van der Waals surface area contributed by atoms with Crippen molar-refractivity contribution in [2.75, 3.05) is 13.1 Å². The number of hydrogen-bond acceptors (Lipinski definition) is 6. The van der Waals surface area contributed by atoms with E-state index in [4.69, 9.17) is 9.05 Å². The number of likely N-dealkylation sites (tertiary alicyclic amines) is 1. The molecule has 0 aromatic carbocycles. The molecule has 0 amide bonds. The molecule has 22 heavy (non-hydrogen) atoms. The molecule has 0 spiro atoms. The summed E-state index contributed by atoms with van der Waals surface area (Å²) in [5.41, 5.74) is 2.21. The summed E-state index contributed by atoms with van der Waals surface area (Å²) >= 11 is 0. The summed E-state index contributed by atoms with van der Waals surface area (Å²) in [5.74, 6) is 3.58. The molecule has 3 heterocycles. The van der Waals surface area contributed by atoms with Crippen LogP contribution in [0.15, 0.2) is 9.05 Å². The summed E-state index contributed by atoms with van der Waals surface area (Å²) < 4.78 is 10.7. The third-order valence-electron chi connectivity index (χ3n) is 4.82. The van der Waals surface area contributed by atoms with Gasteiger partial charge in [0.1, 0.15) is 5.76 Å². The van der Waals surface area contributed by atoms with E-state index in [9.17, 15) is 0 Å². The Morgan fingerprint density at radius 3 is 2.68 bits per heavy atom. The van der Waals surface area contributed by atoms with Crippen molar-refractivity contribution in [3.05, 3.63) is 28.7 Å². The Bertz CT molecular complexity index is 639. The molecule has 2 aromatic heterocycles. The van der Waals surface area contributed by atoms with Crippen LogP contribution in [0, 0.1) is 13.8 Å². The van der Waals surface area contributed by atoms with Crippen LogP contribution in [0.2, 0.25) is 0 Å². The first-order valence-corrected chi connectivity index (χ1v) is 8.18. The maximum absolute atomic E-state index is 5.42. The average Bonchev–Trinajstić information content (AvgIpc) is 3.19. The van der Waals surface area contributed by atoms with Gasteiger partial charge in [-0.25, -0.2) is 0 Å². The Hall–Kier alpha value is -1.69. The fourth-order valence-corrected chi connectivity index (χ4v) is 3.27. The van der Waals surface area contributed by atoms with E-state index in [1.54, 1.807) is 0 Å². The molecule has 2 aromatic rings. The highest BCUT2D eigenvalue weighted by atomic mass is 16.5. The zero-order valence-corrected chi connectivity index (χ0v) is 13.2. The second kappa shape index (κ2) is 5.50. The lowest BCUT2D eigenvalue weighted by atomic mass is 9.97. The van der Waals surface area contributed by atoms with Crippen LogP contribution in [0.25, 0.3) is 0 Å². The molecular formula is C16H22N4O2. The quantitative estimate of drug-likeness (QED) is 0.865. The van der Waals surface area contributed by atoms with Crippen LogP contribution in [-0.4, -0.2) is 33.3 Å². The molecule has 6 nitrogen and oxygen atoms in total. The van der Waals surface area contributed by atoms with Gasteiger partial charge in [0.25, 0.3) is 0 Å². The molecule has 2 aliphatic rings. The van der Waals surface area contributed by atoms with Gasteiger partial charge in [0.15, 0.2) is 5.82 Å². The fourth-order valence-electron chi connectivity index (χ4n) is 3.27. The predicted molar refractivity (Wildman–Crippen MR) is 79.5 cm³/mol. The Morgan fingerprint density at radius 1 is 1.09 bits per heavy atom. The molecule has 1 aliphatic heterocycles. The molecule has 118 valence electrons. The van der Waals surface area contributed by atoms with Crippen LogP contribution >= 0.6 is 0 Å². The van der Waals surface area contributed by atoms with Crippen molar-refractivity contribution in [1.82, 2.24) is 20.2 Å². The Labute approximate surface area is 129 Å². The highest BCUT2D eigenvalue weighted by Gasteiger charge is 2.32. The molecule has 1 aliphatic carbocycles. The van der Waals surface area contributed by atoms with E-state index in [1.165, 1.54) is 24.8 Å². The van der Waals surface area contributed by atoms with E-state index in [2.05, 4.69) is 20.2 Å². The molecule has 1 saturated carbocycles. The van der Waals surface area contributed by atoms with Gasteiger partial charge in [-0.3, -0.25) is 4.90 Å². The molecule has 0 N–H and O–H groups in total. The van der Waals surface area contributed by atoms with Crippen molar-refractivity contribution in [2.24, 2.45) is 0 Å². The van der Waals surface area contributed by atoms with Gasteiger partial charge in [-0.2, -0.15) is 4.98 Å². The summed E-state index contributed by atoms with van der Waals surface area (Å²) in [5, 5.41) is 8.27. The highest BCUT2D eigenvalue weighted by molar-refractivity contribution is 5.20. The first-order chi connectivity index (χ1) is 10.7. The SMILES string of the molecule is Cc1noc(C)c1CN1CCC[C@@H](c2noc(C3CC3)n2)C1. The average molecular weight is 302 g/mol. The first-order valence-electron chi connectivity index (χ1n) is 8.18. The van der Waals surface area contributed by atoms with Gasteiger partial charge in [0.2, 0.25) is 5.89 Å². The maximum Gasteiger partial charge on any atom is 0.229 e. The Balaban J connectivity index is 1.44. The van der Waals surface area contributed by atoms with E-state index >= 15 is 0 Å². The molecule has 6 heteroatoms. The standard InChI is InChI=1S/C16H22N4O2/c1-10-14(11(2)21-18-10)9-20-7-3-4-13(8-20)15-17-16(22-19-15)12-5-6-12/h12-13H,3-9H2,1-2H3/t13-/m1/s1. The molecular weight excluding hydrogens is 280 g/mol. The van der Waals surface area contributed by atoms with Crippen molar-refractivity contribution in [3.63, 3.8) is 0 Å². The third-order valence-corrected chi connectivity index (χ3v) is 4.82. The van der Waals surface area contributed by atoms with Gasteiger partial charge < -0.3 is 9.05 Å². The van der Waals surface area contributed by atoms with Crippen LogP contribution in [0.5, 0.6) is 0 Å². The molecule has 4 rings (SSSR count). The smallest absolute Gasteiger partial charge is 0.229 e. The minimum absolute atomic E-state index is 0.380. The molecule has 0 radical (unpaired) electrons. The first kappa shape index (κ1) is 13.9. The zero-order chi connectivity index (χ0) is 15.1. The van der Waals surface area contributed by atoms with Gasteiger partial charge in [-0.05, 0) is 46.1 Å². The van der Waals surface area contributed by atoms with Gasteiger partial charge in [-0.1, -0.05) is 10.3 Å². The molecule has 0 bridgehead atoms. The minimum Gasteiger partial charge on any atom is -0.361 e. The van der Waals surface area contributed by atoms with Crippen molar-refractivity contribution in [2.45, 2.75) is 57.9 Å². The Kier molecular flexibility index (Phi) is 3.48. The zero-order valence-electron chi connectivity index (χ0n) is 13.2. The molecule has 0 unspecified atom stereocenters. The number of aromatic nitrogens is 3. The number of rotatable bonds is 4. The lowest BCUT2D eigenvalue weighted by Crippen LogP contribution is -2.34. The summed E-state index contributed by atoms with van der Waals surface area (Å²) in [7, 11) is 0. The van der Waals surface area contributed by atoms with Gasteiger partial charge in [-0.15, -0.1) is 0 Å². The lowest BCUT2D eigenvalue weighted by Gasteiger charge is -2.31. The van der Waals surface area contributed by atoms with Crippen LogP contribution in [0.1, 0.15) is 66.3 Å². The van der Waals surface area contributed by atoms with Crippen molar-refractivity contribution in [1.29, 1.82) is 0 Å². The molecule has 1 atom stereocenters. The maximum atomic E-state index is 5.42. The fraction of sp³-hybridized carbons (Fsp3) is 0.688. The second-order valence-corrected chi connectivity index (χ2v) is 6.64.